The number of rotatable bonds is 55. The molecule has 0 N–H and O–H groups in total. The Kier molecular flexibility index (Phi) is 55.7. The fourth-order valence-electron chi connectivity index (χ4n) is 8.74. The fourth-order valence-corrected chi connectivity index (χ4v) is 8.74. The summed E-state index contributed by atoms with van der Waals surface area (Å²) in [5.74, 6) is -0.864. The van der Waals surface area contributed by atoms with E-state index in [4.69, 9.17) is 14.2 Å². The molecule has 0 spiro atoms. The van der Waals surface area contributed by atoms with Crippen LogP contribution in [-0.2, 0) is 28.6 Å². The Labute approximate surface area is 428 Å². The van der Waals surface area contributed by atoms with Crippen LogP contribution in [0.2, 0.25) is 0 Å². The molecule has 0 aliphatic rings. The fraction of sp³-hybridized carbons (Fsp3) is 0.825. The Bertz CT molecular complexity index is 1130. The molecule has 0 fully saturated rings. The van der Waals surface area contributed by atoms with E-state index >= 15 is 0 Å². The van der Waals surface area contributed by atoms with E-state index in [-0.39, 0.29) is 31.1 Å². The molecule has 0 heterocycles. The molecule has 0 aromatic heterocycles. The molecule has 0 saturated heterocycles. The lowest BCUT2D eigenvalue weighted by Gasteiger charge is -2.18. The zero-order valence-corrected chi connectivity index (χ0v) is 46.1. The molecular formula is C63H114O6. The summed E-state index contributed by atoms with van der Waals surface area (Å²) >= 11 is 0. The van der Waals surface area contributed by atoms with Crippen molar-refractivity contribution in [2.75, 3.05) is 13.2 Å². The van der Waals surface area contributed by atoms with Gasteiger partial charge in [0.1, 0.15) is 13.2 Å². The average molecular weight is 968 g/mol. The van der Waals surface area contributed by atoms with E-state index in [0.29, 0.717) is 19.3 Å². The second-order valence-corrected chi connectivity index (χ2v) is 20.3. The van der Waals surface area contributed by atoms with E-state index in [1.165, 1.54) is 205 Å². The molecule has 402 valence electrons. The molecule has 0 saturated carbocycles. The summed E-state index contributed by atoms with van der Waals surface area (Å²) in [5.41, 5.74) is 0. The van der Waals surface area contributed by atoms with Crippen LogP contribution in [0.25, 0.3) is 0 Å². The normalized spacial score (nSPS) is 11.9. The Hall–Kier alpha value is -2.63. The summed E-state index contributed by atoms with van der Waals surface area (Å²) in [6.45, 7) is 6.62. The van der Waals surface area contributed by atoms with Crippen LogP contribution in [-0.4, -0.2) is 37.2 Å². The molecule has 0 bridgehead atoms. The minimum Gasteiger partial charge on any atom is -0.462 e. The van der Waals surface area contributed by atoms with Gasteiger partial charge in [-0.1, -0.05) is 262 Å². The lowest BCUT2D eigenvalue weighted by Crippen LogP contribution is -2.30. The molecule has 0 radical (unpaired) electrons. The van der Waals surface area contributed by atoms with Crippen molar-refractivity contribution in [3.63, 3.8) is 0 Å². The Morgan fingerprint density at radius 1 is 0.290 bits per heavy atom. The summed E-state index contributed by atoms with van der Waals surface area (Å²) < 4.78 is 16.9. The van der Waals surface area contributed by atoms with Gasteiger partial charge < -0.3 is 14.2 Å². The van der Waals surface area contributed by atoms with Crippen LogP contribution in [0.4, 0.5) is 0 Å². The monoisotopic (exact) mass is 967 g/mol. The summed E-state index contributed by atoms with van der Waals surface area (Å²) in [4.78, 5) is 38.2. The van der Waals surface area contributed by atoms with Crippen LogP contribution in [0.3, 0.4) is 0 Å². The zero-order valence-electron chi connectivity index (χ0n) is 46.1. The minimum atomic E-state index is -0.774. The van der Waals surface area contributed by atoms with Crippen molar-refractivity contribution in [3.05, 3.63) is 48.6 Å². The van der Waals surface area contributed by atoms with Crippen molar-refractivity contribution in [2.45, 2.75) is 322 Å². The second-order valence-electron chi connectivity index (χ2n) is 20.3. The highest BCUT2D eigenvalue weighted by Gasteiger charge is 2.19. The smallest absolute Gasteiger partial charge is 0.306 e. The standard InChI is InChI=1S/C63H114O6/c1-4-7-10-13-16-19-22-25-27-29-31-33-35-38-40-43-46-49-52-55-61(64)67-58-60(69-63(66)57-54-51-48-45-42-37-24-21-18-15-12-9-6-3)59-68-62(65)56-53-50-47-44-41-39-36-34-32-30-28-26-23-20-17-14-11-8-5-2/h16-17,19-20,25-28,60H,4-15,18,21-24,29-59H2,1-3H3/b19-16-,20-17-,27-25-,28-26-. The Morgan fingerprint density at radius 2 is 0.522 bits per heavy atom. The van der Waals surface area contributed by atoms with E-state index in [0.717, 1.165) is 70.6 Å². The van der Waals surface area contributed by atoms with Gasteiger partial charge in [0.25, 0.3) is 0 Å². The first-order valence-electron chi connectivity index (χ1n) is 30.1. The topological polar surface area (TPSA) is 78.9 Å². The molecule has 69 heavy (non-hydrogen) atoms. The van der Waals surface area contributed by atoms with Gasteiger partial charge in [-0.25, -0.2) is 0 Å². The van der Waals surface area contributed by atoms with Crippen LogP contribution in [0.5, 0.6) is 0 Å². The van der Waals surface area contributed by atoms with Crippen LogP contribution in [0.1, 0.15) is 316 Å². The van der Waals surface area contributed by atoms with Crippen molar-refractivity contribution in [3.8, 4) is 0 Å². The molecule has 6 heteroatoms. The third-order valence-electron chi connectivity index (χ3n) is 13.3. The third-order valence-corrected chi connectivity index (χ3v) is 13.3. The number of unbranched alkanes of at least 4 members (excludes halogenated alkanes) is 36. The van der Waals surface area contributed by atoms with Gasteiger partial charge in [-0.05, 0) is 83.5 Å². The predicted octanol–water partition coefficient (Wildman–Crippen LogP) is 20.2. The van der Waals surface area contributed by atoms with Gasteiger partial charge in [0, 0.05) is 19.3 Å². The van der Waals surface area contributed by atoms with E-state index in [2.05, 4.69) is 69.4 Å². The van der Waals surface area contributed by atoms with Gasteiger partial charge in [0.05, 0.1) is 0 Å². The zero-order chi connectivity index (χ0) is 50.0. The minimum absolute atomic E-state index is 0.0734. The van der Waals surface area contributed by atoms with Crippen LogP contribution in [0.15, 0.2) is 48.6 Å². The predicted molar refractivity (Wildman–Crippen MR) is 298 cm³/mol. The van der Waals surface area contributed by atoms with Gasteiger partial charge >= 0.3 is 17.9 Å². The van der Waals surface area contributed by atoms with Crippen molar-refractivity contribution in [1.82, 2.24) is 0 Å². The lowest BCUT2D eigenvalue weighted by atomic mass is 10.0. The number of ether oxygens (including phenoxy) is 3. The van der Waals surface area contributed by atoms with Gasteiger partial charge in [-0.3, -0.25) is 14.4 Å². The van der Waals surface area contributed by atoms with E-state index in [9.17, 15) is 14.4 Å². The molecule has 0 aromatic rings. The average Bonchev–Trinajstić information content (AvgIpc) is 3.35. The molecule has 0 atom stereocenters. The molecule has 0 unspecified atom stereocenters. The molecule has 0 aromatic carbocycles. The summed E-state index contributed by atoms with van der Waals surface area (Å²) in [7, 11) is 0. The maximum atomic E-state index is 12.9. The van der Waals surface area contributed by atoms with Crippen LogP contribution < -0.4 is 0 Å². The summed E-state index contributed by atoms with van der Waals surface area (Å²) in [6.07, 6.45) is 71.0. The first-order valence-corrected chi connectivity index (χ1v) is 30.1. The van der Waals surface area contributed by atoms with Gasteiger partial charge in [-0.2, -0.15) is 0 Å². The number of carbonyl (C=O) groups excluding carboxylic acids is 3. The number of carbonyl (C=O) groups is 3. The summed E-state index contributed by atoms with van der Waals surface area (Å²) in [6, 6.07) is 0. The molecular weight excluding hydrogens is 853 g/mol. The van der Waals surface area contributed by atoms with Gasteiger partial charge in [0.2, 0.25) is 0 Å². The van der Waals surface area contributed by atoms with Crippen molar-refractivity contribution in [2.24, 2.45) is 0 Å². The quantitative estimate of drug-likeness (QED) is 0.0262. The van der Waals surface area contributed by atoms with Crippen LogP contribution >= 0.6 is 0 Å². The van der Waals surface area contributed by atoms with Gasteiger partial charge in [-0.15, -0.1) is 0 Å². The Balaban J connectivity index is 4.32. The first-order chi connectivity index (χ1) is 34.0. The highest BCUT2D eigenvalue weighted by Crippen LogP contribution is 2.16. The number of allylic oxidation sites excluding steroid dienone is 8. The van der Waals surface area contributed by atoms with E-state index < -0.39 is 6.10 Å². The lowest BCUT2D eigenvalue weighted by molar-refractivity contribution is -0.167. The summed E-state index contributed by atoms with van der Waals surface area (Å²) in [5, 5.41) is 0. The number of hydrogen-bond acceptors (Lipinski definition) is 6. The maximum Gasteiger partial charge on any atom is 0.306 e. The van der Waals surface area contributed by atoms with E-state index in [1.54, 1.807) is 0 Å². The Morgan fingerprint density at radius 3 is 0.826 bits per heavy atom. The van der Waals surface area contributed by atoms with E-state index in [1.807, 2.05) is 0 Å². The molecule has 6 nitrogen and oxygen atoms in total. The first kappa shape index (κ1) is 66.4. The molecule has 0 aliphatic carbocycles. The molecule has 0 aliphatic heterocycles. The van der Waals surface area contributed by atoms with Crippen molar-refractivity contribution in [1.29, 1.82) is 0 Å². The number of hydrogen-bond donors (Lipinski definition) is 0. The largest absolute Gasteiger partial charge is 0.462 e. The molecule has 0 amide bonds. The highest BCUT2D eigenvalue weighted by atomic mass is 16.6. The second kappa shape index (κ2) is 57.9. The number of esters is 3. The van der Waals surface area contributed by atoms with Gasteiger partial charge in [0.15, 0.2) is 6.10 Å². The SMILES string of the molecule is CCCCC/C=C\C/C=C\CCCCCCCCCCCC(=O)OCC(COC(=O)CCCCCCCCCCC/C=C\C/C=C\CCCCC)OC(=O)CCCCCCCCCCCCCCC. The van der Waals surface area contributed by atoms with Crippen LogP contribution in [0, 0.1) is 0 Å². The third kappa shape index (κ3) is 56.2. The maximum absolute atomic E-state index is 12.9. The van der Waals surface area contributed by atoms with Crippen molar-refractivity contribution < 1.29 is 28.6 Å². The van der Waals surface area contributed by atoms with Crippen molar-refractivity contribution >= 4 is 17.9 Å². The molecule has 0 rings (SSSR count). The highest BCUT2D eigenvalue weighted by molar-refractivity contribution is 5.71.